The standard InChI is InChI=1S/C19H22N2O3/c1-12-11-20-16(10-14(12)18(23)24-4)21-9-5-6-15(17(21)22)19(2,3)13-7-8-13/h5-6,9-11,13H,7-8H2,1-4H3. The van der Waals surface area contributed by atoms with Crippen LogP contribution in [0, 0.1) is 12.8 Å². The van der Waals surface area contributed by atoms with E-state index in [0.29, 0.717) is 22.9 Å². The van der Waals surface area contributed by atoms with Gasteiger partial charge in [0.25, 0.3) is 5.56 Å². The Labute approximate surface area is 141 Å². The molecule has 0 atom stereocenters. The minimum atomic E-state index is -0.432. The second-order valence-corrected chi connectivity index (χ2v) is 6.94. The van der Waals surface area contributed by atoms with Crippen LogP contribution in [0.5, 0.6) is 0 Å². The molecule has 1 aliphatic rings. The van der Waals surface area contributed by atoms with Gasteiger partial charge in [-0.1, -0.05) is 19.9 Å². The van der Waals surface area contributed by atoms with E-state index in [4.69, 9.17) is 4.74 Å². The van der Waals surface area contributed by atoms with Crippen molar-refractivity contribution in [3.05, 3.63) is 57.6 Å². The predicted octanol–water partition coefficient (Wildman–Crippen LogP) is 3.02. The summed E-state index contributed by atoms with van der Waals surface area (Å²) < 4.78 is 6.31. The third kappa shape index (κ3) is 2.75. The molecule has 0 unspecified atom stereocenters. The molecule has 2 aromatic heterocycles. The van der Waals surface area contributed by atoms with Gasteiger partial charge in [0.1, 0.15) is 5.82 Å². The number of nitrogens with zero attached hydrogens (tertiary/aromatic N) is 2. The van der Waals surface area contributed by atoms with Crippen molar-refractivity contribution in [1.29, 1.82) is 0 Å². The largest absolute Gasteiger partial charge is 0.465 e. The van der Waals surface area contributed by atoms with Crippen molar-refractivity contribution in [3.8, 4) is 5.82 Å². The predicted molar refractivity (Wildman–Crippen MR) is 91.7 cm³/mol. The summed E-state index contributed by atoms with van der Waals surface area (Å²) in [6.45, 7) is 6.03. The maximum Gasteiger partial charge on any atom is 0.338 e. The van der Waals surface area contributed by atoms with E-state index in [9.17, 15) is 9.59 Å². The first-order valence-electron chi connectivity index (χ1n) is 8.13. The molecule has 1 aliphatic carbocycles. The summed E-state index contributed by atoms with van der Waals surface area (Å²) in [6, 6.07) is 5.36. The number of esters is 1. The third-order valence-electron chi connectivity index (χ3n) is 4.98. The SMILES string of the molecule is COC(=O)c1cc(-n2cccc(C(C)(C)C3CC3)c2=O)ncc1C. The highest BCUT2D eigenvalue weighted by atomic mass is 16.5. The summed E-state index contributed by atoms with van der Waals surface area (Å²) in [5.74, 6) is 0.552. The molecule has 5 heteroatoms. The number of ether oxygens (including phenoxy) is 1. The van der Waals surface area contributed by atoms with E-state index in [1.807, 2.05) is 12.1 Å². The molecule has 0 radical (unpaired) electrons. The topological polar surface area (TPSA) is 61.2 Å². The van der Waals surface area contributed by atoms with Crippen LogP contribution in [-0.2, 0) is 10.2 Å². The van der Waals surface area contributed by atoms with Gasteiger partial charge < -0.3 is 4.74 Å². The molecular weight excluding hydrogens is 304 g/mol. The smallest absolute Gasteiger partial charge is 0.338 e. The number of hydrogen-bond donors (Lipinski definition) is 0. The molecule has 3 rings (SSSR count). The first-order chi connectivity index (χ1) is 11.4. The fraction of sp³-hybridized carbons (Fsp3) is 0.421. The Morgan fingerprint density at radius 1 is 1.38 bits per heavy atom. The van der Waals surface area contributed by atoms with Gasteiger partial charge in [-0.05, 0) is 48.8 Å². The number of methoxy groups -OCH3 is 1. The van der Waals surface area contributed by atoms with E-state index in [1.54, 1.807) is 25.4 Å². The zero-order valence-electron chi connectivity index (χ0n) is 14.5. The molecule has 1 saturated carbocycles. The van der Waals surface area contributed by atoms with E-state index in [-0.39, 0.29) is 11.0 Å². The highest BCUT2D eigenvalue weighted by molar-refractivity contribution is 5.91. The van der Waals surface area contributed by atoms with E-state index in [2.05, 4.69) is 18.8 Å². The van der Waals surface area contributed by atoms with Crippen LogP contribution in [0.2, 0.25) is 0 Å². The summed E-state index contributed by atoms with van der Waals surface area (Å²) in [6.07, 6.45) is 5.60. The molecule has 0 spiro atoms. The van der Waals surface area contributed by atoms with Gasteiger partial charge in [-0.25, -0.2) is 9.78 Å². The van der Waals surface area contributed by atoms with Crippen LogP contribution in [0.3, 0.4) is 0 Å². The van der Waals surface area contributed by atoms with Crippen LogP contribution in [-0.4, -0.2) is 22.6 Å². The van der Waals surface area contributed by atoms with Crippen LogP contribution in [0.4, 0.5) is 0 Å². The van der Waals surface area contributed by atoms with Gasteiger partial charge in [0.15, 0.2) is 0 Å². The Morgan fingerprint density at radius 2 is 2.08 bits per heavy atom. The normalized spacial score (nSPS) is 14.5. The van der Waals surface area contributed by atoms with E-state index < -0.39 is 5.97 Å². The number of pyridine rings is 2. The lowest BCUT2D eigenvalue weighted by molar-refractivity contribution is 0.0599. The van der Waals surface area contributed by atoms with Gasteiger partial charge in [0.2, 0.25) is 0 Å². The number of aromatic nitrogens is 2. The number of aryl methyl sites for hydroxylation is 1. The fourth-order valence-corrected chi connectivity index (χ4v) is 3.16. The zero-order chi connectivity index (χ0) is 17.5. The molecule has 24 heavy (non-hydrogen) atoms. The summed E-state index contributed by atoms with van der Waals surface area (Å²) >= 11 is 0. The van der Waals surface area contributed by atoms with Crippen molar-refractivity contribution in [2.24, 2.45) is 5.92 Å². The fourth-order valence-electron chi connectivity index (χ4n) is 3.16. The maximum atomic E-state index is 13.0. The number of hydrogen-bond acceptors (Lipinski definition) is 4. The minimum Gasteiger partial charge on any atom is -0.465 e. The van der Waals surface area contributed by atoms with Crippen molar-refractivity contribution in [3.63, 3.8) is 0 Å². The Balaban J connectivity index is 2.11. The van der Waals surface area contributed by atoms with E-state index in [1.165, 1.54) is 11.7 Å². The monoisotopic (exact) mass is 326 g/mol. The molecule has 5 nitrogen and oxygen atoms in total. The van der Waals surface area contributed by atoms with Crippen LogP contribution < -0.4 is 5.56 Å². The van der Waals surface area contributed by atoms with Crippen LogP contribution >= 0.6 is 0 Å². The quantitative estimate of drug-likeness (QED) is 0.810. The van der Waals surface area contributed by atoms with Crippen molar-refractivity contribution in [2.45, 2.75) is 39.0 Å². The van der Waals surface area contributed by atoms with E-state index in [0.717, 1.165) is 18.4 Å². The molecule has 0 aromatic carbocycles. The molecular formula is C19H22N2O3. The third-order valence-corrected chi connectivity index (χ3v) is 4.98. The zero-order valence-corrected chi connectivity index (χ0v) is 14.5. The highest BCUT2D eigenvalue weighted by Gasteiger charge is 2.40. The van der Waals surface area contributed by atoms with E-state index >= 15 is 0 Å². The Bertz CT molecular complexity index is 848. The first-order valence-corrected chi connectivity index (χ1v) is 8.13. The lowest BCUT2D eigenvalue weighted by Crippen LogP contribution is -2.32. The summed E-state index contributed by atoms with van der Waals surface area (Å²) in [5.41, 5.74) is 1.68. The summed E-state index contributed by atoms with van der Waals surface area (Å²) in [4.78, 5) is 29.2. The Morgan fingerprint density at radius 3 is 2.71 bits per heavy atom. The van der Waals surface area contributed by atoms with Crippen LogP contribution in [0.25, 0.3) is 5.82 Å². The molecule has 126 valence electrons. The number of rotatable bonds is 4. The van der Waals surface area contributed by atoms with Gasteiger partial charge in [-0.3, -0.25) is 9.36 Å². The van der Waals surface area contributed by atoms with Gasteiger partial charge >= 0.3 is 5.97 Å². The van der Waals surface area contributed by atoms with Crippen LogP contribution in [0.1, 0.15) is 48.2 Å². The maximum absolute atomic E-state index is 13.0. The van der Waals surface area contributed by atoms with Gasteiger partial charge in [0.05, 0.1) is 12.7 Å². The van der Waals surface area contributed by atoms with Gasteiger partial charge in [-0.2, -0.15) is 0 Å². The second kappa shape index (κ2) is 5.89. The highest BCUT2D eigenvalue weighted by Crippen LogP contribution is 2.45. The second-order valence-electron chi connectivity index (χ2n) is 6.94. The lowest BCUT2D eigenvalue weighted by Gasteiger charge is -2.24. The van der Waals surface area contributed by atoms with Crippen molar-refractivity contribution < 1.29 is 9.53 Å². The molecule has 0 bridgehead atoms. The van der Waals surface area contributed by atoms with Gasteiger partial charge in [-0.15, -0.1) is 0 Å². The van der Waals surface area contributed by atoms with Gasteiger partial charge in [0, 0.05) is 18.0 Å². The molecule has 1 fully saturated rings. The van der Waals surface area contributed by atoms with Crippen molar-refractivity contribution in [1.82, 2.24) is 9.55 Å². The average Bonchev–Trinajstić information content (AvgIpc) is 3.40. The minimum absolute atomic E-state index is 0.0819. The Hall–Kier alpha value is -2.43. The van der Waals surface area contributed by atoms with Crippen molar-refractivity contribution in [2.75, 3.05) is 7.11 Å². The molecule has 0 aliphatic heterocycles. The number of carbonyl (C=O) groups is 1. The summed E-state index contributed by atoms with van der Waals surface area (Å²) in [5, 5.41) is 0. The summed E-state index contributed by atoms with van der Waals surface area (Å²) in [7, 11) is 1.34. The molecule has 0 saturated heterocycles. The lowest BCUT2D eigenvalue weighted by atomic mass is 9.80. The Kier molecular flexibility index (Phi) is 4.03. The molecule has 2 heterocycles. The number of carbonyl (C=O) groups excluding carboxylic acids is 1. The first kappa shape index (κ1) is 16.4. The average molecular weight is 326 g/mol. The molecule has 0 amide bonds. The van der Waals surface area contributed by atoms with Crippen molar-refractivity contribution >= 4 is 5.97 Å². The molecule has 0 N–H and O–H groups in total. The molecule has 2 aromatic rings. The van der Waals surface area contributed by atoms with Crippen LogP contribution in [0.15, 0.2) is 35.4 Å².